The number of nitrogen functional groups attached to an aromatic ring is 1. The Labute approximate surface area is 83.4 Å². The van der Waals surface area contributed by atoms with Gasteiger partial charge in [0.05, 0.1) is 12.8 Å². The van der Waals surface area contributed by atoms with E-state index in [1.807, 2.05) is 0 Å². The van der Waals surface area contributed by atoms with Gasteiger partial charge in [0.2, 0.25) is 10.0 Å². The molecule has 0 amide bonds. The van der Waals surface area contributed by atoms with Crippen molar-refractivity contribution in [2.45, 2.75) is 6.54 Å². The first-order valence-electron chi connectivity index (χ1n) is 4.10. The van der Waals surface area contributed by atoms with Gasteiger partial charge in [-0.05, 0) is 6.07 Å². The molecule has 0 unspecified atom stereocenters. The highest BCUT2D eigenvalue weighted by molar-refractivity contribution is 7.88. The third kappa shape index (κ3) is 3.00. The van der Waals surface area contributed by atoms with Crippen LogP contribution in [0.1, 0.15) is 0 Å². The number of nitrogens with zero attached hydrogens (tertiary/aromatic N) is 3. The van der Waals surface area contributed by atoms with Crippen molar-refractivity contribution in [3.63, 3.8) is 0 Å². The first-order chi connectivity index (χ1) is 6.39. The van der Waals surface area contributed by atoms with E-state index in [1.54, 1.807) is 16.9 Å². The van der Waals surface area contributed by atoms with Crippen molar-refractivity contribution in [1.29, 1.82) is 0 Å². The van der Waals surface area contributed by atoms with E-state index in [0.29, 0.717) is 18.9 Å². The van der Waals surface area contributed by atoms with Crippen molar-refractivity contribution in [3.05, 3.63) is 12.3 Å². The molecule has 0 aliphatic rings. The highest BCUT2D eigenvalue weighted by atomic mass is 32.2. The lowest BCUT2D eigenvalue weighted by molar-refractivity contribution is 0.437. The fourth-order valence-corrected chi connectivity index (χ4v) is 1.32. The minimum atomic E-state index is -3.11. The monoisotopic (exact) mass is 218 g/mol. The van der Waals surface area contributed by atoms with Crippen molar-refractivity contribution in [1.82, 2.24) is 14.1 Å². The summed E-state index contributed by atoms with van der Waals surface area (Å²) in [6.07, 6.45) is 2.88. The van der Waals surface area contributed by atoms with Crippen LogP contribution in [-0.4, -0.2) is 42.4 Å². The Bertz CT molecular complexity index is 398. The lowest BCUT2D eigenvalue weighted by Gasteiger charge is -2.13. The molecule has 6 nitrogen and oxygen atoms in total. The highest BCUT2D eigenvalue weighted by Gasteiger charge is 2.10. The summed E-state index contributed by atoms with van der Waals surface area (Å²) in [5.41, 5.74) is 5.41. The average molecular weight is 218 g/mol. The van der Waals surface area contributed by atoms with Gasteiger partial charge in [0.25, 0.3) is 0 Å². The second-order valence-corrected chi connectivity index (χ2v) is 5.18. The standard InChI is InChI=1S/C7H14N4O2S/c1-10(14(2,12)13)5-6-11-4-3-7(8)9-11/h3-4H,5-6H2,1-2H3,(H2,8,9). The summed E-state index contributed by atoms with van der Waals surface area (Å²) in [7, 11) is -1.58. The number of rotatable bonds is 4. The van der Waals surface area contributed by atoms with Crippen LogP contribution in [0.3, 0.4) is 0 Å². The third-order valence-electron chi connectivity index (χ3n) is 1.87. The van der Waals surface area contributed by atoms with E-state index in [2.05, 4.69) is 5.10 Å². The number of hydrogen-bond acceptors (Lipinski definition) is 4. The maximum atomic E-state index is 11.0. The van der Waals surface area contributed by atoms with Gasteiger partial charge in [-0.2, -0.15) is 5.10 Å². The maximum Gasteiger partial charge on any atom is 0.211 e. The van der Waals surface area contributed by atoms with Gasteiger partial charge >= 0.3 is 0 Å². The molecule has 0 bridgehead atoms. The van der Waals surface area contributed by atoms with Crippen LogP contribution in [0.4, 0.5) is 5.82 Å². The lowest BCUT2D eigenvalue weighted by Crippen LogP contribution is -2.29. The van der Waals surface area contributed by atoms with Crippen LogP contribution in [0.2, 0.25) is 0 Å². The van der Waals surface area contributed by atoms with Crippen LogP contribution in [0.25, 0.3) is 0 Å². The van der Waals surface area contributed by atoms with Crippen molar-refractivity contribution in [2.75, 3.05) is 25.6 Å². The van der Waals surface area contributed by atoms with Gasteiger partial charge in [-0.15, -0.1) is 0 Å². The molecule has 80 valence electrons. The van der Waals surface area contributed by atoms with Crippen LogP contribution in [-0.2, 0) is 16.6 Å². The van der Waals surface area contributed by atoms with Gasteiger partial charge in [0, 0.05) is 19.8 Å². The fraction of sp³-hybridized carbons (Fsp3) is 0.571. The van der Waals surface area contributed by atoms with Crippen LogP contribution >= 0.6 is 0 Å². The molecule has 0 saturated heterocycles. The molecule has 7 heteroatoms. The molecule has 0 saturated carbocycles. The summed E-state index contributed by atoms with van der Waals surface area (Å²) < 4.78 is 24.9. The highest BCUT2D eigenvalue weighted by Crippen LogP contribution is 1.98. The zero-order chi connectivity index (χ0) is 10.8. The zero-order valence-corrected chi connectivity index (χ0v) is 9.03. The largest absolute Gasteiger partial charge is 0.382 e. The summed E-state index contributed by atoms with van der Waals surface area (Å²) in [6, 6.07) is 1.67. The molecule has 1 aromatic rings. The van der Waals surface area contributed by atoms with E-state index in [4.69, 9.17) is 5.73 Å². The second-order valence-electron chi connectivity index (χ2n) is 3.09. The smallest absolute Gasteiger partial charge is 0.211 e. The number of anilines is 1. The fourth-order valence-electron chi connectivity index (χ4n) is 0.911. The maximum absolute atomic E-state index is 11.0. The molecule has 0 spiro atoms. The molecule has 1 aromatic heterocycles. The van der Waals surface area contributed by atoms with Gasteiger partial charge in [-0.25, -0.2) is 12.7 Å². The van der Waals surface area contributed by atoms with Crippen molar-refractivity contribution < 1.29 is 8.42 Å². The van der Waals surface area contributed by atoms with Gasteiger partial charge in [0.1, 0.15) is 5.82 Å². The predicted molar refractivity (Wildman–Crippen MR) is 54.1 cm³/mol. The Morgan fingerprint density at radius 1 is 1.64 bits per heavy atom. The summed E-state index contributed by atoms with van der Waals surface area (Å²) in [4.78, 5) is 0. The Hall–Kier alpha value is -1.08. The molecule has 0 atom stereocenters. The van der Waals surface area contributed by atoms with E-state index >= 15 is 0 Å². The number of sulfonamides is 1. The quantitative estimate of drug-likeness (QED) is 0.728. The van der Waals surface area contributed by atoms with Gasteiger partial charge in [-0.1, -0.05) is 0 Å². The first kappa shape index (κ1) is 11.0. The number of nitrogens with two attached hydrogens (primary N) is 1. The molecule has 2 N–H and O–H groups in total. The Balaban J connectivity index is 2.50. The molecule has 0 fully saturated rings. The summed E-state index contributed by atoms with van der Waals surface area (Å²) in [5.74, 6) is 0.437. The lowest BCUT2D eigenvalue weighted by atomic mass is 10.6. The molecule has 0 aliphatic carbocycles. The van der Waals surface area contributed by atoms with Crippen LogP contribution < -0.4 is 5.73 Å². The van der Waals surface area contributed by atoms with Gasteiger partial charge in [-0.3, -0.25) is 4.68 Å². The van der Waals surface area contributed by atoms with Crippen molar-refractivity contribution in [3.8, 4) is 0 Å². The average Bonchev–Trinajstić information content (AvgIpc) is 2.45. The second kappa shape index (κ2) is 3.97. The van der Waals surface area contributed by atoms with Crippen molar-refractivity contribution >= 4 is 15.8 Å². The topological polar surface area (TPSA) is 81.2 Å². The van der Waals surface area contributed by atoms with Crippen molar-refractivity contribution in [2.24, 2.45) is 0 Å². The zero-order valence-electron chi connectivity index (χ0n) is 8.21. The summed E-state index contributed by atoms with van der Waals surface area (Å²) >= 11 is 0. The van der Waals surface area contributed by atoms with E-state index in [9.17, 15) is 8.42 Å². The number of hydrogen-bond donors (Lipinski definition) is 1. The Kier molecular flexibility index (Phi) is 3.12. The van der Waals surface area contributed by atoms with Gasteiger partial charge in [0.15, 0.2) is 0 Å². The first-order valence-corrected chi connectivity index (χ1v) is 5.94. The minimum Gasteiger partial charge on any atom is -0.382 e. The SMILES string of the molecule is CN(CCn1ccc(N)n1)S(C)(=O)=O. The Morgan fingerprint density at radius 2 is 2.29 bits per heavy atom. The van der Waals surface area contributed by atoms with Gasteiger partial charge < -0.3 is 5.73 Å². The number of aromatic nitrogens is 2. The molecule has 0 aromatic carbocycles. The molecular formula is C7H14N4O2S. The van der Waals surface area contributed by atoms with E-state index in [0.717, 1.165) is 0 Å². The molecule has 0 radical (unpaired) electrons. The minimum absolute atomic E-state index is 0.389. The summed E-state index contributed by atoms with van der Waals surface area (Å²) in [6.45, 7) is 0.890. The van der Waals surface area contributed by atoms with E-state index < -0.39 is 10.0 Å². The predicted octanol–water partition coefficient (Wildman–Crippen LogP) is -0.643. The van der Waals surface area contributed by atoms with Crippen LogP contribution in [0.15, 0.2) is 12.3 Å². The molecule has 0 aliphatic heterocycles. The number of likely N-dealkylation sites (N-methyl/N-ethyl adjacent to an activating group) is 1. The Morgan fingerprint density at radius 3 is 2.71 bits per heavy atom. The molecule has 1 heterocycles. The van der Waals surface area contributed by atoms with E-state index in [-0.39, 0.29) is 0 Å². The molecule has 14 heavy (non-hydrogen) atoms. The van der Waals surface area contributed by atoms with E-state index in [1.165, 1.54) is 17.6 Å². The van der Waals surface area contributed by atoms with Crippen LogP contribution in [0, 0.1) is 0 Å². The molecular weight excluding hydrogens is 204 g/mol. The normalized spacial score (nSPS) is 12.2. The third-order valence-corrected chi connectivity index (χ3v) is 3.19. The molecule has 1 rings (SSSR count). The summed E-state index contributed by atoms with van der Waals surface area (Å²) in [5, 5.41) is 3.94. The van der Waals surface area contributed by atoms with Crippen LogP contribution in [0.5, 0.6) is 0 Å².